The van der Waals surface area contributed by atoms with Crippen molar-refractivity contribution in [1.29, 1.82) is 0 Å². The molecule has 1 fully saturated rings. The molecule has 1 heterocycles. The van der Waals surface area contributed by atoms with E-state index in [0.29, 0.717) is 0 Å². The Morgan fingerprint density at radius 1 is 1.30 bits per heavy atom. The molecule has 1 aromatic rings. The lowest BCUT2D eigenvalue weighted by Crippen LogP contribution is -2.36. The van der Waals surface area contributed by atoms with Crippen molar-refractivity contribution in [1.82, 2.24) is 10.2 Å². The standard InChI is InChI=1S/C15H22F2N2.ClH/c1-18-10-12-5-7-19(8-6-12)11-13-3-2-4-14(9-13)15(16)17;/h2-4,9,12,15,18H,5-8,10-11H2,1H3;1H. The van der Waals surface area contributed by atoms with Crippen molar-refractivity contribution in [2.75, 3.05) is 26.7 Å². The number of hydrogen-bond donors (Lipinski definition) is 1. The van der Waals surface area contributed by atoms with Gasteiger partial charge in [-0.3, -0.25) is 4.90 Å². The number of nitrogens with zero attached hydrogens (tertiary/aromatic N) is 1. The molecular formula is C15H23ClF2N2. The minimum Gasteiger partial charge on any atom is -0.319 e. The fourth-order valence-electron chi connectivity index (χ4n) is 2.72. The van der Waals surface area contributed by atoms with E-state index >= 15 is 0 Å². The molecule has 0 saturated carbocycles. The highest BCUT2D eigenvalue weighted by atomic mass is 35.5. The third-order valence-corrected chi connectivity index (χ3v) is 3.81. The minimum absolute atomic E-state index is 0. The van der Waals surface area contributed by atoms with Gasteiger partial charge in [-0.25, -0.2) is 8.78 Å². The summed E-state index contributed by atoms with van der Waals surface area (Å²) >= 11 is 0. The maximum absolute atomic E-state index is 12.6. The molecule has 0 aliphatic carbocycles. The van der Waals surface area contributed by atoms with Crippen LogP contribution in [-0.4, -0.2) is 31.6 Å². The predicted octanol–water partition coefficient (Wildman–Crippen LogP) is 3.48. The summed E-state index contributed by atoms with van der Waals surface area (Å²) in [4.78, 5) is 2.36. The number of hydrogen-bond acceptors (Lipinski definition) is 2. The van der Waals surface area contributed by atoms with Crippen molar-refractivity contribution < 1.29 is 8.78 Å². The van der Waals surface area contributed by atoms with Crippen LogP contribution < -0.4 is 5.32 Å². The van der Waals surface area contributed by atoms with Crippen molar-refractivity contribution in [3.8, 4) is 0 Å². The number of alkyl halides is 2. The summed E-state index contributed by atoms with van der Waals surface area (Å²) in [6, 6.07) is 6.79. The van der Waals surface area contributed by atoms with Crippen LogP contribution in [0.1, 0.15) is 30.4 Å². The zero-order valence-electron chi connectivity index (χ0n) is 11.8. The van der Waals surface area contributed by atoms with Gasteiger partial charge in [-0.15, -0.1) is 12.4 Å². The summed E-state index contributed by atoms with van der Waals surface area (Å²) in [6.07, 6.45) is 0.00594. The van der Waals surface area contributed by atoms with Gasteiger partial charge in [0.2, 0.25) is 0 Å². The van der Waals surface area contributed by atoms with E-state index in [4.69, 9.17) is 0 Å². The van der Waals surface area contributed by atoms with Crippen molar-refractivity contribution >= 4 is 12.4 Å². The molecule has 2 rings (SSSR count). The summed E-state index contributed by atoms with van der Waals surface area (Å²) in [5, 5.41) is 3.22. The molecule has 0 aromatic heterocycles. The van der Waals surface area contributed by atoms with Gasteiger partial charge in [0.25, 0.3) is 6.43 Å². The van der Waals surface area contributed by atoms with E-state index in [2.05, 4.69) is 10.2 Å². The SMILES string of the molecule is CNCC1CCN(Cc2cccc(C(F)F)c2)CC1.Cl. The smallest absolute Gasteiger partial charge is 0.263 e. The van der Waals surface area contributed by atoms with E-state index in [9.17, 15) is 8.78 Å². The fourth-order valence-corrected chi connectivity index (χ4v) is 2.72. The largest absolute Gasteiger partial charge is 0.319 e. The number of likely N-dealkylation sites (tertiary alicyclic amines) is 1. The van der Waals surface area contributed by atoms with Crippen LogP contribution in [-0.2, 0) is 6.54 Å². The summed E-state index contributed by atoms with van der Waals surface area (Å²) in [7, 11) is 1.99. The van der Waals surface area contributed by atoms with Gasteiger partial charge in [0, 0.05) is 12.1 Å². The van der Waals surface area contributed by atoms with Crippen LogP contribution >= 0.6 is 12.4 Å². The van der Waals surface area contributed by atoms with Gasteiger partial charge in [-0.2, -0.15) is 0 Å². The third kappa shape index (κ3) is 5.00. The first kappa shape index (κ1) is 17.3. The number of piperidine rings is 1. The highest BCUT2D eigenvalue weighted by Gasteiger charge is 2.18. The van der Waals surface area contributed by atoms with Crippen LogP contribution in [0.4, 0.5) is 8.78 Å². The lowest BCUT2D eigenvalue weighted by molar-refractivity contribution is 0.150. The molecule has 0 spiro atoms. The summed E-state index contributed by atoms with van der Waals surface area (Å²) in [5.41, 5.74) is 1.12. The molecule has 2 nitrogen and oxygen atoms in total. The molecule has 20 heavy (non-hydrogen) atoms. The molecule has 1 saturated heterocycles. The van der Waals surface area contributed by atoms with Gasteiger partial charge in [0.15, 0.2) is 0 Å². The predicted molar refractivity (Wildman–Crippen MR) is 80.6 cm³/mol. The van der Waals surface area contributed by atoms with E-state index in [0.717, 1.165) is 37.7 Å². The first-order valence-corrected chi connectivity index (χ1v) is 6.93. The van der Waals surface area contributed by atoms with E-state index in [1.807, 2.05) is 13.1 Å². The second kappa shape index (κ2) is 8.55. The van der Waals surface area contributed by atoms with Crippen LogP contribution in [0.15, 0.2) is 24.3 Å². The fraction of sp³-hybridized carbons (Fsp3) is 0.600. The van der Waals surface area contributed by atoms with Gasteiger partial charge >= 0.3 is 0 Å². The molecule has 0 unspecified atom stereocenters. The molecular weight excluding hydrogens is 282 g/mol. The average Bonchev–Trinajstić information content (AvgIpc) is 2.42. The Morgan fingerprint density at radius 3 is 2.60 bits per heavy atom. The Bertz CT molecular complexity index is 393. The highest BCUT2D eigenvalue weighted by molar-refractivity contribution is 5.85. The Hall–Kier alpha value is -0.710. The first-order valence-electron chi connectivity index (χ1n) is 6.93. The monoisotopic (exact) mass is 304 g/mol. The summed E-state index contributed by atoms with van der Waals surface area (Å²) in [5.74, 6) is 0.758. The average molecular weight is 305 g/mol. The number of benzene rings is 1. The quantitative estimate of drug-likeness (QED) is 0.896. The van der Waals surface area contributed by atoms with E-state index < -0.39 is 6.43 Å². The molecule has 0 radical (unpaired) electrons. The van der Waals surface area contributed by atoms with E-state index in [1.165, 1.54) is 18.9 Å². The van der Waals surface area contributed by atoms with Crippen LogP contribution in [0.25, 0.3) is 0 Å². The summed E-state index contributed by atoms with van der Waals surface area (Å²) in [6.45, 7) is 3.98. The van der Waals surface area contributed by atoms with E-state index in [1.54, 1.807) is 12.1 Å². The lowest BCUT2D eigenvalue weighted by Gasteiger charge is -2.31. The highest BCUT2D eigenvalue weighted by Crippen LogP contribution is 2.22. The van der Waals surface area contributed by atoms with Gasteiger partial charge in [0.1, 0.15) is 0 Å². The zero-order chi connectivity index (χ0) is 13.7. The number of nitrogens with one attached hydrogen (secondary N) is 1. The topological polar surface area (TPSA) is 15.3 Å². The maximum Gasteiger partial charge on any atom is 0.263 e. The molecule has 0 bridgehead atoms. The Kier molecular flexibility index (Phi) is 7.41. The van der Waals surface area contributed by atoms with Crippen molar-refractivity contribution in [2.24, 2.45) is 5.92 Å². The molecule has 0 atom stereocenters. The molecule has 1 aromatic carbocycles. The third-order valence-electron chi connectivity index (χ3n) is 3.81. The second-order valence-electron chi connectivity index (χ2n) is 5.32. The van der Waals surface area contributed by atoms with Crippen molar-refractivity contribution in [3.63, 3.8) is 0 Å². The molecule has 1 aliphatic rings. The Labute approximate surface area is 126 Å². The molecule has 1 N–H and O–H groups in total. The molecule has 1 aliphatic heterocycles. The molecule has 5 heteroatoms. The maximum atomic E-state index is 12.6. The van der Waals surface area contributed by atoms with Gasteiger partial charge < -0.3 is 5.32 Å². The van der Waals surface area contributed by atoms with Gasteiger partial charge in [-0.05, 0) is 57.1 Å². The van der Waals surface area contributed by atoms with Crippen LogP contribution in [0.2, 0.25) is 0 Å². The number of halogens is 3. The van der Waals surface area contributed by atoms with Crippen molar-refractivity contribution in [2.45, 2.75) is 25.8 Å². The van der Waals surface area contributed by atoms with Gasteiger partial charge in [-0.1, -0.05) is 18.2 Å². The summed E-state index contributed by atoms with van der Waals surface area (Å²) < 4.78 is 25.3. The van der Waals surface area contributed by atoms with Crippen molar-refractivity contribution in [3.05, 3.63) is 35.4 Å². The number of rotatable bonds is 5. The Morgan fingerprint density at radius 2 is 2.00 bits per heavy atom. The van der Waals surface area contributed by atoms with Crippen LogP contribution in [0, 0.1) is 5.92 Å². The van der Waals surface area contributed by atoms with Crippen LogP contribution in [0.5, 0.6) is 0 Å². The normalized spacial score (nSPS) is 17.2. The second-order valence-corrected chi connectivity index (χ2v) is 5.32. The lowest BCUT2D eigenvalue weighted by atomic mass is 9.96. The first-order chi connectivity index (χ1) is 9.19. The zero-order valence-corrected chi connectivity index (χ0v) is 12.6. The van der Waals surface area contributed by atoms with E-state index in [-0.39, 0.29) is 18.0 Å². The van der Waals surface area contributed by atoms with Crippen LogP contribution in [0.3, 0.4) is 0 Å². The Balaban J connectivity index is 0.00000200. The molecule has 0 amide bonds. The minimum atomic E-state index is -2.37. The molecule has 114 valence electrons. The van der Waals surface area contributed by atoms with Gasteiger partial charge in [0.05, 0.1) is 0 Å².